The van der Waals surface area contributed by atoms with Crippen LogP contribution in [-0.2, 0) is 14.3 Å². The summed E-state index contributed by atoms with van der Waals surface area (Å²) in [6.07, 6.45) is 5.12. The van der Waals surface area contributed by atoms with Gasteiger partial charge in [-0.2, -0.15) is 5.26 Å². The highest BCUT2D eigenvalue weighted by Crippen LogP contribution is 2.33. The lowest BCUT2D eigenvalue weighted by molar-refractivity contribution is -0.164. The predicted molar refractivity (Wildman–Crippen MR) is 58.7 cm³/mol. The summed E-state index contributed by atoms with van der Waals surface area (Å²) < 4.78 is 4.89. The Balaban J connectivity index is 2.29. The Morgan fingerprint density at radius 2 is 1.59 bits per heavy atom. The second-order valence-electron chi connectivity index (χ2n) is 4.67. The molecule has 1 aliphatic carbocycles. The molecule has 0 spiro atoms. The van der Waals surface area contributed by atoms with Crippen LogP contribution in [0.15, 0.2) is 0 Å². The summed E-state index contributed by atoms with van der Waals surface area (Å²) in [4.78, 5) is 24.8. The van der Waals surface area contributed by atoms with Gasteiger partial charge in [0.05, 0.1) is 6.07 Å². The van der Waals surface area contributed by atoms with Gasteiger partial charge in [0.1, 0.15) is 18.8 Å². The van der Waals surface area contributed by atoms with Crippen molar-refractivity contribution in [2.75, 3.05) is 13.2 Å². The number of carbonyl (C=O) groups is 2. The molecule has 17 heavy (non-hydrogen) atoms. The van der Waals surface area contributed by atoms with Gasteiger partial charge < -0.3 is 4.74 Å². The molecule has 2 rings (SSSR count). The second-order valence-corrected chi connectivity index (χ2v) is 4.67. The molecular weight excluding hydrogens is 220 g/mol. The van der Waals surface area contributed by atoms with Gasteiger partial charge >= 0.3 is 0 Å². The average Bonchev–Trinajstić information content (AvgIpc) is 2.55. The smallest absolute Gasteiger partial charge is 0.256 e. The normalized spacial score (nSPS) is 25.2. The fraction of sp³-hybridized carbons (Fsp3) is 0.750. The van der Waals surface area contributed by atoms with Gasteiger partial charge in [-0.25, -0.2) is 0 Å². The van der Waals surface area contributed by atoms with Crippen LogP contribution in [0, 0.1) is 11.3 Å². The third kappa shape index (κ3) is 2.18. The highest BCUT2D eigenvalue weighted by Gasteiger charge is 2.45. The number of hydrogen-bond acceptors (Lipinski definition) is 4. The summed E-state index contributed by atoms with van der Waals surface area (Å²) in [5.74, 6) is -0.741. The first-order valence-electron chi connectivity index (χ1n) is 6.04. The number of ether oxygens (including phenoxy) is 1. The summed E-state index contributed by atoms with van der Waals surface area (Å²) in [6, 6.07) is 2.22. The van der Waals surface area contributed by atoms with Gasteiger partial charge in [-0.15, -0.1) is 0 Å². The van der Waals surface area contributed by atoms with Crippen LogP contribution in [0.5, 0.6) is 0 Å². The van der Waals surface area contributed by atoms with Crippen molar-refractivity contribution in [1.82, 2.24) is 4.90 Å². The molecular formula is C12H16N2O3. The molecule has 0 radical (unpaired) electrons. The van der Waals surface area contributed by atoms with Crippen molar-refractivity contribution in [3.8, 4) is 6.07 Å². The number of nitriles is 1. The quantitative estimate of drug-likeness (QED) is 0.503. The molecule has 1 aliphatic heterocycles. The standard InChI is InChI=1S/C12H16N2O3/c13-9-12(5-3-1-2-4-6-12)14-10(15)7-17-8-11(14)16/h1-8H2. The molecule has 0 aromatic heterocycles. The van der Waals surface area contributed by atoms with Crippen molar-refractivity contribution >= 4 is 11.8 Å². The van der Waals surface area contributed by atoms with E-state index in [4.69, 9.17) is 4.74 Å². The van der Waals surface area contributed by atoms with Crippen molar-refractivity contribution in [3.05, 3.63) is 0 Å². The zero-order valence-electron chi connectivity index (χ0n) is 9.78. The Hall–Kier alpha value is -1.41. The summed E-state index contributed by atoms with van der Waals surface area (Å²) in [7, 11) is 0. The maximum Gasteiger partial charge on any atom is 0.256 e. The van der Waals surface area contributed by atoms with E-state index in [1.54, 1.807) is 0 Å². The van der Waals surface area contributed by atoms with Crippen LogP contribution < -0.4 is 0 Å². The van der Waals surface area contributed by atoms with E-state index in [1.165, 1.54) is 4.90 Å². The van der Waals surface area contributed by atoms with E-state index < -0.39 is 5.54 Å². The number of nitrogens with zero attached hydrogens (tertiary/aromatic N) is 2. The summed E-state index contributed by atoms with van der Waals surface area (Å²) in [5.41, 5.74) is -0.922. The third-order valence-corrected chi connectivity index (χ3v) is 3.52. The monoisotopic (exact) mass is 236 g/mol. The molecule has 92 valence electrons. The average molecular weight is 236 g/mol. The maximum absolute atomic E-state index is 11.8. The summed E-state index contributed by atoms with van der Waals surface area (Å²) in [6.45, 7) is -0.176. The van der Waals surface area contributed by atoms with E-state index in [2.05, 4.69) is 6.07 Å². The van der Waals surface area contributed by atoms with Gasteiger partial charge in [0.15, 0.2) is 0 Å². The second kappa shape index (κ2) is 4.84. The lowest BCUT2D eigenvalue weighted by Gasteiger charge is -2.38. The van der Waals surface area contributed by atoms with Crippen molar-refractivity contribution in [1.29, 1.82) is 5.26 Å². The van der Waals surface area contributed by atoms with Crippen molar-refractivity contribution in [2.45, 2.75) is 44.1 Å². The van der Waals surface area contributed by atoms with Crippen LogP contribution in [0.4, 0.5) is 0 Å². The molecule has 2 amide bonds. The molecule has 0 aromatic carbocycles. The third-order valence-electron chi connectivity index (χ3n) is 3.52. The fourth-order valence-electron chi connectivity index (χ4n) is 2.67. The van der Waals surface area contributed by atoms with Gasteiger partial charge in [0.2, 0.25) is 0 Å². The predicted octanol–water partition coefficient (Wildman–Crippen LogP) is 0.988. The van der Waals surface area contributed by atoms with E-state index in [0.717, 1.165) is 25.7 Å². The molecule has 2 aliphatic rings. The highest BCUT2D eigenvalue weighted by molar-refractivity contribution is 5.99. The van der Waals surface area contributed by atoms with Gasteiger partial charge in [-0.1, -0.05) is 25.7 Å². The largest absolute Gasteiger partial charge is 0.362 e. The van der Waals surface area contributed by atoms with Crippen molar-refractivity contribution in [3.63, 3.8) is 0 Å². The Morgan fingerprint density at radius 1 is 1.06 bits per heavy atom. The molecule has 2 fully saturated rings. The Bertz CT molecular complexity index is 348. The minimum atomic E-state index is -0.922. The minimum absolute atomic E-state index is 0.0881. The molecule has 5 heteroatoms. The molecule has 1 saturated heterocycles. The molecule has 0 aromatic rings. The van der Waals surface area contributed by atoms with Gasteiger partial charge in [-0.05, 0) is 12.8 Å². The number of morpholine rings is 1. The molecule has 0 atom stereocenters. The van der Waals surface area contributed by atoms with Crippen LogP contribution in [-0.4, -0.2) is 35.5 Å². The lowest BCUT2D eigenvalue weighted by Crippen LogP contribution is -2.58. The zero-order chi connectivity index (χ0) is 12.3. The van der Waals surface area contributed by atoms with E-state index in [0.29, 0.717) is 12.8 Å². The number of hydrogen-bond donors (Lipinski definition) is 0. The van der Waals surface area contributed by atoms with Crippen molar-refractivity contribution in [2.24, 2.45) is 0 Å². The first-order chi connectivity index (χ1) is 8.19. The van der Waals surface area contributed by atoms with Crippen LogP contribution in [0.3, 0.4) is 0 Å². The van der Waals surface area contributed by atoms with Gasteiger partial charge in [0.25, 0.3) is 11.8 Å². The molecule has 0 bridgehead atoms. The summed E-state index contributed by atoms with van der Waals surface area (Å²) in [5, 5.41) is 9.42. The minimum Gasteiger partial charge on any atom is -0.362 e. The number of carbonyl (C=O) groups excluding carboxylic acids is 2. The zero-order valence-corrected chi connectivity index (χ0v) is 9.78. The van der Waals surface area contributed by atoms with Crippen LogP contribution >= 0.6 is 0 Å². The Kier molecular flexibility index (Phi) is 3.43. The Labute approximate surface area is 100 Å². The topological polar surface area (TPSA) is 70.4 Å². The first kappa shape index (κ1) is 12.1. The van der Waals surface area contributed by atoms with Crippen LogP contribution in [0.1, 0.15) is 38.5 Å². The maximum atomic E-state index is 11.8. The Morgan fingerprint density at radius 3 is 2.06 bits per heavy atom. The van der Waals surface area contributed by atoms with Gasteiger partial charge in [-0.3, -0.25) is 14.5 Å². The van der Waals surface area contributed by atoms with E-state index in [1.807, 2.05) is 0 Å². The van der Waals surface area contributed by atoms with Crippen LogP contribution in [0.25, 0.3) is 0 Å². The van der Waals surface area contributed by atoms with E-state index in [9.17, 15) is 14.9 Å². The van der Waals surface area contributed by atoms with E-state index >= 15 is 0 Å². The molecule has 0 N–H and O–H groups in total. The lowest BCUT2D eigenvalue weighted by atomic mass is 9.89. The number of amides is 2. The number of imide groups is 1. The molecule has 1 saturated carbocycles. The van der Waals surface area contributed by atoms with Crippen LogP contribution in [0.2, 0.25) is 0 Å². The summed E-state index contributed by atoms with van der Waals surface area (Å²) >= 11 is 0. The fourth-order valence-corrected chi connectivity index (χ4v) is 2.67. The highest BCUT2D eigenvalue weighted by atomic mass is 16.5. The van der Waals surface area contributed by atoms with Crippen molar-refractivity contribution < 1.29 is 14.3 Å². The SMILES string of the molecule is N#CC1(N2C(=O)COCC2=O)CCCCCC1. The molecule has 0 unspecified atom stereocenters. The molecule has 1 heterocycles. The molecule has 5 nitrogen and oxygen atoms in total. The van der Waals surface area contributed by atoms with E-state index in [-0.39, 0.29) is 25.0 Å². The first-order valence-corrected chi connectivity index (χ1v) is 6.04. The number of rotatable bonds is 1. The van der Waals surface area contributed by atoms with Gasteiger partial charge in [0, 0.05) is 0 Å².